The molecule has 1 aromatic carbocycles. The van der Waals surface area contributed by atoms with Crippen LogP contribution in [0.4, 0.5) is 11.4 Å². The molecule has 8 nitrogen and oxygen atoms in total. The van der Waals surface area contributed by atoms with Crippen molar-refractivity contribution in [1.29, 1.82) is 0 Å². The minimum Gasteiger partial charge on any atom is -0.497 e. The third-order valence-electron chi connectivity index (χ3n) is 7.05. The largest absolute Gasteiger partial charge is 0.497 e. The van der Waals surface area contributed by atoms with Crippen molar-refractivity contribution in [2.75, 3.05) is 0 Å². The van der Waals surface area contributed by atoms with Gasteiger partial charge >= 0.3 is 11.4 Å². The van der Waals surface area contributed by atoms with Gasteiger partial charge in [-0.15, -0.1) is 0 Å². The molecule has 8 heteroatoms. The molecular weight excluding hydrogens is 340 g/mol. The molecular formula is C18H20N2O6. The van der Waals surface area contributed by atoms with Gasteiger partial charge in [-0.1, -0.05) is 6.92 Å². The molecule has 0 bridgehead atoms. The Hall–Kier alpha value is -2.51. The van der Waals surface area contributed by atoms with Crippen molar-refractivity contribution in [2.45, 2.75) is 51.4 Å². The number of nitro groups is 2. The summed E-state index contributed by atoms with van der Waals surface area (Å²) in [6, 6.07) is 1.33. The maximum Gasteiger partial charge on any atom is 0.321 e. The number of benzene rings is 1. The van der Waals surface area contributed by atoms with Gasteiger partial charge < -0.3 is 5.11 Å². The zero-order chi connectivity index (χ0) is 18.8. The van der Waals surface area contributed by atoms with Crippen molar-refractivity contribution >= 4 is 17.2 Å². The number of hydrogen-bond donors (Lipinski definition) is 1. The molecule has 0 radical (unpaired) electrons. The molecule has 4 atom stereocenters. The van der Waals surface area contributed by atoms with Gasteiger partial charge in [-0.2, -0.15) is 0 Å². The Morgan fingerprint density at radius 1 is 1.15 bits per heavy atom. The summed E-state index contributed by atoms with van der Waals surface area (Å²) < 4.78 is 0. The number of ketones is 1. The fourth-order valence-corrected chi connectivity index (χ4v) is 5.79. The van der Waals surface area contributed by atoms with E-state index in [2.05, 4.69) is 0 Å². The van der Waals surface area contributed by atoms with E-state index in [4.69, 9.17) is 0 Å². The van der Waals surface area contributed by atoms with E-state index in [1.807, 2.05) is 6.92 Å². The van der Waals surface area contributed by atoms with Crippen LogP contribution in [0, 0.1) is 37.5 Å². The van der Waals surface area contributed by atoms with E-state index < -0.39 is 27.0 Å². The Labute approximate surface area is 149 Å². The van der Waals surface area contributed by atoms with Gasteiger partial charge in [-0.25, -0.2) is 0 Å². The Bertz CT molecular complexity index is 851. The molecule has 0 heterocycles. The summed E-state index contributed by atoms with van der Waals surface area (Å²) in [6.45, 7) is 2.03. The van der Waals surface area contributed by atoms with Gasteiger partial charge in [0.25, 0.3) is 5.75 Å². The van der Waals surface area contributed by atoms with Crippen LogP contribution in [-0.2, 0) is 11.2 Å². The number of phenolic OH excluding ortho intramolecular Hbond substituents is 1. The Kier molecular flexibility index (Phi) is 3.58. The second kappa shape index (κ2) is 5.49. The average Bonchev–Trinajstić information content (AvgIpc) is 2.88. The summed E-state index contributed by atoms with van der Waals surface area (Å²) in [4.78, 5) is 33.7. The lowest BCUT2D eigenvalue weighted by atomic mass is 9.55. The molecule has 0 aliphatic heterocycles. The predicted molar refractivity (Wildman–Crippen MR) is 91.0 cm³/mol. The van der Waals surface area contributed by atoms with E-state index in [0.29, 0.717) is 49.0 Å². The van der Waals surface area contributed by atoms with E-state index in [9.17, 15) is 30.1 Å². The number of carbonyl (C=O) groups is 1. The summed E-state index contributed by atoms with van der Waals surface area (Å²) in [5.74, 6) is -0.144. The zero-order valence-corrected chi connectivity index (χ0v) is 14.4. The van der Waals surface area contributed by atoms with Crippen LogP contribution in [0.1, 0.15) is 56.1 Å². The number of Topliss-reactive ketones (excluding diaryl/α,β-unsaturated/α-hetero) is 1. The molecule has 1 N–H and O–H groups in total. The smallest absolute Gasteiger partial charge is 0.321 e. The van der Waals surface area contributed by atoms with E-state index in [0.717, 1.165) is 6.42 Å². The first-order valence-electron chi connectivity index (χ1n) is 8.96. The fourth-order valence-electron chi connectivity index (χ4n) is 5.79. The van der Waals surface area contributed by atoms with E-state index in [1.165, 1.54) is 6.07 Å². The second-order valence-electron chi connectivity index (χ2n) is 8.01. The predicted octanol–water partition coefficient (Wildman–Crippen LogP) is 3.63. The summed E-state index contributed by atoms with van der Waals surface area (Å²) in [5, 5.41) is 32.9. The number of rotatable bonds is 2. The van der Waals surface area contributed by atoms with Crippen LogP contribution in [0.2, 0.25) is 0 Å². The van der Waals surface area contributed by atoms with E-state index in [1.54, 1.807) is 0 Å². The lowest BCUT2D eigenvalue weighted by molar-refractivity contribution is -0.396. The number of hydrogen-bond acceptors (Lipinski definition) is 6. The fraction of sp³-hybridized carbons (Fsp3) is 0.611. The van der Waals surface area contributed by atoms with Crippen LogP contribution in [0.5, 0.6) is 5.75 Å². The molecule has 2 saturated carbocycles. The Morgan fingerprint density at radius 2 is 1.88 bits per heavy atom. The van der Waals surface area contributed by atoms with Gasteiger partial charge in [0.2, 0.25) is 0 Å². The normalized spacial score (nSPS) is 32.5. The average molecular weight is 360 g/mol. The summed E-state index contributed by atoms with van der Waals surface area (Å²) in [5.41, 5.74) is -0.408. The van der Waals surface area contributed by atoms with Crippen molar-refractivity contribution < 1.29 is 19.7 Å². The molecule has 0 unspecified atom stereocenters. The Morgan fingerprint density at radius 3 is 2.54 bits per heavy atom. The van der Waals surface area contributed by atoms with E-state index >= 15 is 0 Å². The Balaban J connectivity index is 1.85. The van der Waals surface area contributed by atoms with Crippen molar-refractivity contribution in [2.24, 2.45) is 17.3 Å². The number of aromatic hydroxyl groups is 1. The molecule has 0 saturated heterocycles. The highest BCUT2D eigenvalue weighted by atomic mass is 16.6. The maximum atomic E-state index is 12.4. The molecule has 3 aliphatic rings. The van der Waals surface area contributed by atoms with Crippen molar-refractivity contribution in [3.8, 4) is 5.75 Å². The van der Waals surface area contributed by atoms with Crippen LogP contribution in [0.15, 0.2) is 6.07 Å². The van der Waals surface area contributed by atoms with E-state index in [-0.39, 0.29) is 23.2 Å². The van der Waals surface area contributed by atoms with Crippen LogP contribution in [0.25, 0.3) is 0 Å². The molecule has 0 spiro atoms. The van der Waals surface area contributed by atoms with Gasteiger partial charge in [0.05, 0.1) is 9.85 Å². The molecule has 0 amide bonds. The number of nitro benzene ring substituents is 2. The molecule has 2 fully saturated rings. The molecule has 138 valence electrons. The minimum absolute atomic E-state index is 0.0271. The summed E-state index contributed by atoms with van der Waals surface area (Å²) >= 11 is 0. The second-order valence-corrected chi connectivity index (χ2v) is 8.01. The van der Waals surface area contributed by atoms with Crippen LogP contribution in [0.3, 0.4) is 0 Å². The lowest BCUT2D eigenvalue weighted by Crippen LogP contribution is -2.42. The van der Waals surface area contributed by atoms with Crippen LogP contribution >= 0.6 is 0 Å². The number of fused-ring (bicyclic) bond motifs is 5. The third kappa shape index (κ3) is 2.10. The highest BCUT2D eigenvalue weighted by Gasteiger charge is 2.55. The first-order valence-corrected chi connectivity index (χ1v) is 8.96. The number of nitrogens with zero attached hydrogens (tertiary/aromatic N) is 2. The van der Waals surface area contributed by atoms with Gasteiger partial charge in [0, 0.05) is 23.5 Å². The molecule has 0 aromatic heterocycles. The topological polar surface area (TPSA) is 124 Å². The highest BCUT2D eigenvalue weighted by Crippen LogP contribution is 2.61. The summed E-state index contributed by atoms with van der Waals surface area (Å²) in [7, 11) is 0. The monoisotopic (exact) mass is 360 g/mol. The van der Waals surface area contributed by atoms with Crippen molar-refractivity contribution in [3.63, 3.8) is 0 Å². The number of phenols is 1. The van der Waals surface area contributed by atoms with Crippen LogP contribution < -0.4 is 0 Å². The lowest BCUT2D eigenvalue weighted by Gasteiger charge is -2.48. The van der Waals surface area contributed by atoms with Crippen molar-refractivity contribution in [1.82, 2.24) is 0 Å². The standard InChI is InChI=1S/C18H20N2O6/c1-18-7-6-9-10(13(18)4-5-15(18)21)2-3-11-12(9)8-14(19(23)24)17(22)16(11)20(25)26/h8-10,13,22H,2-7H2,1H3/t9-,10+,13+,18-/m1/s1. The highest BCUT2D eigenvalue weighted by molar-refractivity contribution is 5.87. The molecule has 26 heavy (non-hydrogen) atoms. The summed E-state index contributed by atoms with van der Waals surface area (Å²) in [6.07, 6.45) is 3.92. The number of carbonyl (C=O) groups excluding carboxylic acids is 1. The van der Waals surface area contributed by atoms with Gasteiger partial charge in [-0.3, -0.25) is 25.0 Å². The first-order chi connectivity index (χ1) is 12.3. The zero-order valence-electron chi connectivity index (χ0n) is 14.4. The third-order valence-corrected chi connectivity index (χ3v) is 7.05. The maximum absolute atomic E-state index is 12.4. The van der Waals surface area contributed by atoms with Crippen LogP contribution in [-0.4, -0.2) is 20.7 Å². The first kappa shape index (κ1) is 16.9. The quantitative estimate of drug-likeness (QED) is 0.634. The minimum atomic E-state index is -0.853. The van der Waals surface area contributed by atoms with Gasteiger partial charge in [0.1, 0.15) is 5.78 Å². The SMILES string of the molecule is C[C@@]12CC[C@H]3c4cc([N+](=O)[O-])c(O)c([N+](=O)[O-])c4CC[C@@H]3[C@@H]1CCC2=O. The van der Waals surface area contributed by atoms with Gasteiger partial charge in [-0.05, 0) is 55.4 Å². The molecule has 4 rings (SSSR count). The van der Waals surface area contributed by atoms with Gasteiger partial charge in [0.15, 0.2) is 0 Å². The molecule has 1 aromatic rings. The molecule has 3 aliphatic carbocycles. The van der Waals surface area contributed by atoms with Crippen molar-refractivity contribution in [3.05, 3.63) is 37.4 Å².